The molecule has 4 aromatic rings. The predicted molar refractivity (Wildman–Crippen MR) is 117 cm³/mol. The Balaban J connectivity index is 1.30. The van der Waals surface area contributed by atoms with E-state index in [0.29, 0.717) is 6.04 Å². The molecule has 1 heterocycles. The molecule has 0 saturated heterocycles. The van der Waals surface area contributed by atoms with Crippen molar-refractivity contribution in [3.63, 3.8) is 0 Å². The van der Waals surface area contributed by atoms with Gasteiger partial charge in [-0.3, -0.25) is 0 Å². The highest BCUT2D eigenvalue weighted by atomic mass is 16.5. The summed E-state index contributed by atoms with van der Waals surface area (Å²) in [5.74, 6) is 0. The molecule has 29 heavy (non-hydrogen) atoms. The van der Waals surface area contributed by atoms with Gasteiger partial charge < -0.3 is 15.0 Å². The number of nitrogens with one attached hydrogen (secondary N) is 2. The fraction of sp³-hybridized carbons (Fsp3) is 0.240. The van der Waals surface area contributed by atoms with Crippen LogP contribution >= 0.6 is 0 Å². The minimum Gasteiger partial charge on any atom is -0.375 e. The summed E-state index contributed by atoms with van der Waals surface area (Å²) in [6, 6.07) is 22.0. The highest BCUT2D eigenvalue weighted by Crippen LogP contribution is 2.34. The van der Waals surface area contributed by atoms with Crippen LogP contribution < -0.4 is 5.32 Å². The van der Waals surface area contributed by atoms with Gasteiger partial charge in [-0.25, -0.2) is 4.98 Å². The highest BCUT2D eigenvalue weighted by molar-refractivity contribution is 5.86. The monoisotopic (exact) mass is 383 g/mol. The first-order valence-electron chi connectivity index (χ1n) is 10.1. The average Bonchev–Trinajstić information content (AvgIpc) is 3.37. The van der Waals surface area contributed by atoms with Gasteiger partial charge in [0.2, 0.25) is 0 Å². The molecule has 4 nitrogen and oxygen atoms in total. The van der Waals surface area contributed by atoms with Gasteiger partial charge in [-0.05, 0) is 52.8 Å². The summed E-state index contributed by atoms with van der Waals surface area (Å²) in [6.45, 7) is 2.97. The number of hydrogen-bond acceptors (Lipinski definition) is 3. The minimum absolute atomic E-state index is 0.119. The lowest BCUT2D eigenvalue weighted by molar-refractivity contribution is 0.0777. The zero-order chi connectivity index (χ0) is 19.8. The van der Waals surface area contributed by atoms with Crippen LogP contribution in [0, 0.1) is 6.92 Å². The number of methoxy groups -OCH3 is 1. The molecule has 1 aromatic heterocycles. The largest absolute Gasteiger partial charge is 0.375 e. The molecule has 0 unspecified atom stereocenters. The summed E-state index contributed by atoms with van der Waals surface area (Å²) in [5, 5.41) is 3.70. The number of rotatable bonds is 5. The van der Waals surface area contributed by atoms with E-state index >= 15 is 0 Å². The second-order valence-corrected chi connectivity index (χ2v) is 7.78. The number of benzene rings is 3. The first-order valence-corrected chi connectivity index (χ1v) is 10.1. The Morgan fingerprint density at radius 2 is 1.90 bits per heavy atom. The quantitative estimate of drug-likeness (QED) is 0.513. The fourth-order valence-corrected chi connectivity index (χ4v) is 4.54. The molecule has 0 fully saturated rings. The van der Waals surface area contributed by atoms with Gasteiger partial charge in [0.15, 0.2) is 0 Å². The molecule has 4 heteroatoms. The molecular formula is C25H25N3O. The van der Waals surface area contributed by atoms with Crippen molar-refractivity contribution in [2.24, 2.45) is 0 Å². The number of aromatic nitrogens is 2. The van der Waals surface area contributed by atoms with E-state index in [2.05, 4.69) is 82.9 Å². The molecule has 146 valence electrons. The van der Waals surface area contributed by atoms with Crippen molar-refractivity contribution in [3.05, 3.63) is 89.2 Å². The van der Waals surface area contributed by atoms with Gasteiger partial charge in [0, 0.05) is 19.7 Å². The minimum atomic E-state index is 0.119. The van der Waals surface area contributed by atoms with Crippen LogP contribution in [0.1, 0.15) is 28.4 Å². The Kier molecular flexibility index (Phi) is 4.66. The molecule has 2 atom stereocenters. The Hall–Kier alpha value is -2.95. The molecule has 3 aromatic carbocycles. The van der Waals surface area contributed by atoms with Crippen LogP contribution in [0.25, 0.3) is 22.2 Å². The number of fused-ring (bicyclic) bond motifs is 2. The Bertz CT molecular complexity index is 1150. The van der Waals surface area contributed by atoms with Gasteiger partial charge >= 0.3 is 0 Å². The van der Waals surface area contributed by atoms with Gasteiger partial charge in [-0.2, -0.15) is 0 Å². The molecule has 0 aliphatic heterocycles. The van der Waals surface area contributed by atoms with E-state index < -0.39 is 0 Å². The first-order chi connectivity index (χ1) is 14.2. The Morgan fingerprint density at radius 1 is 1.07 bits per heavy atom. The number of imidazole rings is 1. The molecule has 0 spiro atoms. The summed E-state index contributed by atoms with van der Waals surface area (Å²) in [4.78, 5) is 7.63. The third-order valence-electron chi connectivity index (χ3n) is 6.10. The molecule has 0 bridgehead atoms. The lowest BCUT2D eigenvalue weighted by Gasteiger charge is -2.20. The average molecular weight is 383 g/mol. The van der Waals surface area contributed by atoms with Crippen LogP contribution in [0.3, 0.4) is 0 Å². The standard InChI is InChI=1S/C25H25N3O/c1-16-20(11-12-22-24(16)28-15-27-22)18-9-7-17(8-10-18)14-26-23-13-19-5-3-4-6-21(19)25(23)29-2/h3-12,15,23,25-26H,13-14H2,1-2H3,(H,27,28)/t23-,25+/m0/s1. The van der Waals surface area contributed by atoms with E-state index in [9.17, 15) is 0 Å². The molecule has 0 radical (unpaired) electrons. The summed E-state index contributed by atoms with van der Waals surface area (Å²) < 4.78 is 5.79. The fourth-order valence-electron chi connectivity index (χ4n) is 4.54. The zero-order valence-corrected chi connectivity index (χ0v) is 16.8. The lowest BCUT2D eigenvalue weighted by Crippen LogP contribution is -2.33. The van der Waals surface area contributed by atoms with Crippen LogP contribution in [0.15, 0.2) is 67.0 Å². The molecule has 0 saturated carbocycles. The molecule has 2 N–H and O–H groups in total. The number of H-pyrrole nitrogens is 1. The summed E-state index contributed by atoms with van der Waals surface area (Å²) in [5.41, 5.74) is 9.76. The predicted octanol–water partition coefficient (Wildman–Crippen LogP) is 4.94. The van der Waals surface area contributed by atoms with Crippen LogP contribution in [-0.4, -0.2) is 23.1 Å². The molecule has 5 rings (SSSR count). The molecule has 1 aliphatic rings. The summed E-state index contributed by atoms with van der Waals surface area (Å²) in [7, 11) is 1.80. The van der Waals surface area contributed by atoms with Gasteiger partial charge in [-0.15, -0.1) is 0 Å². The maximum Gasteiger partial charge on any atom is 0.0980 e. The van der Waals surface area contributed by atoms with Gasteiger partial charge in [0.05, 0.1) is 23.5 Å². The number of aromatic amines is 1. The van der Waals surface area contributed by atoms with E-state index in [-0.39, 0.29) is 6.10 Å². The van der Waals surface area contributed by atoms with Crippen LogP contribution in [0.2, 0.25) is 0 Å². The van der Waals surface area contributed by atoms with E-state index in [1.165, 1.54) is 33.4 Å². The third-order valence-corrected chi connectivity index (χ3v) is 6.10. The maximum atomic E-state index is 5.79. The Labute approximate surface area is 171 Å². The van der Waals surface area contributed by atoms with Crippen molar-refractivity contribution in [1.82, 2.24) is 15.3 Å². The van der Waals surface area contributed by atoms with Crippen molar-refractivity contribution < 1.29 is 4.74 Å². The lowest BCUT2D eigenvalue weighted by atomic mass is 9.98. The third kappa shape index (κ3) is 3.24. The van der Waals surface area contributed by atoms with E-state index in [0.717, 1.165) is 24.0 Å². The molecule has 1 aliphatic carbocycles. The molecular weight excluding hydrogens is 358 g/mol. The van der Waals surface area contributed by atoms with Crippen LogP contribution in [0.4, 0.5) is 0 Å². The second kappa shape index (κ2) is 7.47. The molecule has 0 amide bonds. The zero-order valence-electron chi connectivity index (χ0n) is 16.8. The topological polar surface area (TPSA) is 49.9 Å². The van der Waals surface area contributed by atoms with Crippen molar-refractivity contribution in [2.45, 2.75) is 32.0 Å². The SMILES string of the molecule is CO[C@@H]1c2ccccc2C[C@@H]1NCc1ccc(-c2ccc3[nH]cnc3c2C)cc1. The van der Waals surface area contributed by atoms with Gasteiger partial charge in [0.25, 0.3) is 0 Å². The number of hydrogen-bond donors (Lipinski definition) is 2. The van der Waals surface area contributed by atoms with Gasteiger partial charge in [-0.1, -0.05) is 54.6 Å². The van der Waals surface area contributed by atoms with Crippen molar-refractivity contribution in [2.75, 3.05) is 7.11 Å². The smallest absolute Gasteiger partial charge is 0.0980 e. The van der Waals surface area contributed by atoms with E-state index in [1.54, 1.807) is 13.4 Å². The second-order valence-electron chi connectivity index (χ2n) is 7.78. The van der Waals surface area contributed by atoms with Crippen LogP contribution in [0.5, 0.6) is 0 Å². The Morgan fingerprint density at radius 3 is 2.72 bits per heavy atom. The van der Waals surface area contributed by atoms with Crippen molar-refractivity contribution >= 4 is 11.0 Å². The van der Waals surface area contributed by atoms with Gasteiger partial charge in [0.1, 0.15) is 0 Å². The van der Waals surface area contributed by atoms with E-state index in [1.807, 2.05) is 0 Å². The normalized spacial score (nSPS) is 18.3. The summed E-state index contributed by atoms with van der Waals surface area (Å²) >= 11 is 0. The van der Waals surface area contributed by atoms with Crippen molar-refractivity contribution in [3.8, 4) is 11.1 Å². The first kappa shape index (κ1) is 18.1. The van der Waals surface area contributed by atoms with E-state index in [4.69, 9.17) is 4.74 Å². The van der Waals surface area contributed by atoms with Crippen LogP contribution in [-0.2, 0) is 17.7 Å². The number of ether oxygens (including phenoxy) is 1. The number of aryl methyl sites for hydroxylation is 1. The highest BCUT2D eigenvalue weighted by Gasteiger charge is 2.31. The maximum absolute atomic E-state index is 5.79. The summed E-state index contributed by atoms with van der Waals surface area (Å²) in [6.07, 6.45) is 2.88. The van der Waals surface area contributed by atoms with Crippen molar-refractivity contribution in [1.29, 1.82) is 0 Å². The number of nitrogens with zero attached hydrogens (tertiary/aromatic N) is 1.